The van der Waals surface area contributed by atoms with Crippen molar-refractivity contribution in [1.82, 2.24) is 9.55 Å². The fourth-order valence-corrected chi connectivity index (χ4v) is 4.24. The van der Waals surface area contributed by atoms with Crippen LogP contribution in [0.5, 0.6) is 0 Å². The summed E-state index contributed by atoms with van der Waals surface area (Å²) < 4.78 is 21.7. The molecule has 0 saturated carbocycles. The number of pyridine rings is 2. The van der Waals surface area contributed by atoms with Crippen LogP contribution in [0.2, 0.25) is 5.02 Å². The summed E-state index contributed by atoms with van der Waals surface area (Å²) in [5.74, 6) is 0. The van der Waals surface area contributed by atoms with Crippen LogP contribution in [-0.2, 0) is 15.1 Å². The number of nitrogens with one attached hydrogen (secondary N) is 1. The zero-order chi connectivity index (χ0) is 18.4. The second-order valence-corrected chi connectivity index (χ2v) is 9.48. The predicted molar refractivity (Wildman–Crippen MR) is 98.1 cm³/mol. The Morgan fingerprint density at radius 2 is 1.88 bits per heavy atom. The standard InChI is InChI=1S/C17H22ClN3O2S/c1-10-13(9-12(18)16(20-10)17(3,4)5)21-8-7-14(22)15(11(21)2)24(6,19)23/h7-9,19H,1-6H3. The van der Waals surface area contributed by atoms with E-state index in [0.717, 1.165) is 11.4 Å². The van der Waals surface area contributed by atoms with E-state index in [4.69, 9.17) is 16.4 Å². The third kappa shape index (κ3) is 3.39. The first-order valence-electron chi connectivity index (χ1n) is 7.48. The van der Waals surface area contributed by atoms with Crippen molar-refractivity contribution in [2.45, 2.75) is 44.9 Å². The van der Waals surface area contributed by atoms with Gasteiger partial charge in [-0.05, 0) is 19.9 Å². The number of aromatic nitrogens is 2. The molecule has 1 N–H and O–H groups in total. The van der Waals surface area contributed by atoms with Crippen LogP contribution >= 0.6 is 11.6 Å². The van der Waals surface area contributed by atoms with Crippen molar-refractivity contribution in [3.63, 3.8) is 0 Å². The first-order valence-corrected chi connectivity index (χ1v) is 9.82. The van der Waals surface area contributed by atoms with Crippen molar-refractivity contribution in [2.75, 3.05) is 6.26 Å². The smallest absolute Gasteiger partial charge is 0.198 e. The molecular formula is C17H22ClN3O2S. The normalized spacial score (nSPS) is 14.5. The number of halogens is 1. The van der Waals surface area contributed by atoms with Crippen molar-refractivity contribution < 1.29 is 4.21 Å². The first-order chi connectivity index (χ1) is 10.8. The van der Waals surface area contributed by atoms with Crippen molar-refractivity contribution in [1.29, 1.82) is 4.78 Å². The van der Waals surface area contributed by atoms with E-state index in [9.17, 15) is 9.00 Å². The van der Waals surface area contributed by atoms with Crippen LogP contribution in [0.1, 0.15) is 37.9 Å². The minimum Gasteiger partial charge on any atom is -0.318 e. The van der Waals surface area contributed by atoms with Crippen LogP contribution in [0.15, 0.2) is 28.0 Å². The molecule has 7 heteroatoms. The van der Waals surface area contributed by atoms with Gasteiger partial charge in [-0.1, -0.05) is 32.4 Å². The minimum absolute atomic E-state index is 0.0143. The zero-order valence-electron chi connectivity index (χ0n) is 14.7. The number of hydrogen-bond acceptors (Lipinski definition) is 4. The molecule has 130 valence electrons. The van der Waals surface area contributed by atoms with Crippen molar-refractivity contribution in [3.05, 3.63) is 50.7 Å². The molecule has 2 rings (SSSR count). The lowest BCUT2D eigenvalue weighted by Gasteiger charge is -2.22. The lowest BCUT2D eigenvalue weighted by Crippen LogP contribution is -2.20. The van der Waals surface area contributed by atoms with E-state index >= 15 is 0 Å². The largest absolute Gasteiger partial charge is 0.318 e. The number of nitrogens with zero attached hydrogens (tertiary/aromatic N) is 2. The van der Waals surface area contributed by atoms with E-state index in [0.29, 0.717) is 16.4 Å². The summed E-state index contributed by atoms with van der Waals surface area (Å²) in [6.07, 6.45) is 2.85. The van der Waals surface area contributed by atoms with E-state index < -0.39 is 15.2 Å². The molecule has 5 nitrogen and oxygen atoms in total. The second kappa shape index (κ2) is 6.01. The fourth-order valence-electron chi connectivity index (χ4n) is 2.69. The Balaban J connectivity index is 2.80. The van der Waals surface area contributed by atoms with Crippen LogP contribution in [0.25, 0.3) is 5.69 Å². The summed E-state index contributed by atoms with van der Waals surface area (Å²) in [7, 11) is -3.14. The molecule has 2 heterocycles. The summed E-state index contributed by atoms with van der Waals surface area (Å²) in [6, 6.07) is 3.12. The van der Waals surface area contributed by atoms with E-state index in [2.05, 4.69) is 4.98 Å². The van der Waals surface area contributed by atoms with Crippen LogP contribution in [0.4, 0.5) is 0 Å². The van der Waals surface area contributed by atoms with Gasteiger partial charge in [0.15, 0.2) is 5.43 Å². The van der Waals surface area contributed by atoms with Gasteiger partial charge in [-0.25, -0.2) is 8.99 Å². The van der Waals surface area contributed by atoms with Crippen molar-refractivity contribution in [2.24, 2.45) is 0 Å². The van der Waals surface area contributed by atoms with Gasteiger partial charge in [0.1, 0.15) is 4.90 Å². The fraction of sp³-hybridized carbons (Fsp3) is 0.412. The highest BCUT2D eigenvalue weighted by molar-refractivity contribution is 7.91. The third-order valence-electron chi connectivity index (χ3n) is 3.79. The Hall–Kier alpha value is -1.66. The summed E-state index contributed by atoms with van der Waals surface area (Å²) in [6.45, 7) is 9.65. The summed E-state index contributed by atoms with van der Waals surface area (Å²) in [5.41, 5.74) is 2.13. The highest BCUT2D eigenvalue weighted by Crippen LogP contribution is 2.31. The zero-order valence-corrected chi connectivity index (χ0v) is 16.3. The molecule has 0 saturated heterocycles. The molecule has 2 aromatic rings. The monoisotopic (exact) mass is 367 g/mol. The van der Waals surface area contributed by atoms with Crippen LogP contribution in [-0.4, -0.2) is 20.0 Å². The number of rotatable bonds is 2. The molecule has 0 radical (unpaired) electrons. The molecule has 0 aliphatic rings. The average Bonchev–Trinajstić information content (AvgIpc) is 2.39. The van der Waals surface area contributed by atoms with Gasteiger partial charge in [0, 0.05) is 29.6 Å². The lowest BCUT2D eigenvalue weighted by molar-refractivity contribution is 0.567. The average molecular weight is 368 g/mol. The maximum atomic E-state index is 12.2. The lowest BCUT2D eigenvalue weighted by atomic mass is 9.91. The van der Waals surface area contributed by atoms with Crippen molar-refractivity contribution in [3.8, 4) is 5.69 Å². The van der Waals surface area contributed by atoms with E-state index in [1.54, 1.807) is 23.8 Å². The van der Waals surface area contributed by atoms with Crippen LogP contribution in [0.3, 0.4) is 0 Å². The van der Waals surface area contributed by atoms with Gasteiger partial charge in [0.05, 0.1) is 31.8 Å². The molecule has 1 unspecified atom stereocenters. The molecule has 24 heavy (non-hydrogen) atoms. The second-order valence-electron chi connectivity index (χ2n) is 6.98. The Kier molecular flexibility index (Phi) is 4.67. The van der Waals surface area contributed by atoms with Gasteiger partial charge in [0.25, 0.3) is 0 Å². The summed E-state index contributed by atoms with van der Waals surface area (Å²) in [4.78, 5) is 16.7. The van der Waals surface area contributed by atoms with Gasteiger partial charge in [-0.2, -0.15) is 0 Å². The minimum atomic E-state index is -3.14. The van der Waals surface area contributed by atoms with Gasteiger partial charge < -0.3 is 4.57 Å². The van der Waals surface area contributed by atoms with Crippen LogP contribution < -0.4 is 5.43 Å². The first kappa shape index (κ1) is 18.7. The van der Waals surface area contributed by atoms with Gasteiger partial charge in [-0.3, -0.25) is 9.78 Å². The molecule has 0 aliphatic heterocycles. The van der Waals surface area contributed by atoms with Gasteiger partial charge in [0.2, 0.25) is 0 Å². The van der Waals surface area contributed by atoms with Crippen molar-refractivity contribution >= 4 is 21.3 Å². The molecule has 2 aromatic heterocycles. The maximum absolute atomic E-state index is 12.2. The summed E-state index contributed by atoms with van der Waals surface area (Å²) in [5, 5.41) is 0.533. The highest BCUT2D eigenvalue weighted by Gasteiger charge is 2.22. The van der Waals surface area contributed by atoms with Gasteiger partial charge in [-0.15, -0.1) is 0 Å². The molecular weight excluding hydrogens is 346 g/mol. The molecule has 0 aromatic carbocycles. The van der Waals surface area contributed by atoms with E-state index in [-0.39, 0.29) is 10.3 Å². The Bertz CT molecular complexity index is 971. The van der Waals surface area contributed by atoms with Gasteiger partial charge >= 0.3 is 0 Å². The Morgan fingerprint density at radius 3 is 2.38 bits per heavy atom. The number of aryl methyl sites for hydroxylation is 1. The maximum Gasteiger partial charge on any atom is 0.198 e. The Morgan fingerprint density at radius 1 is 1.29 bits per heavy atom. The third-order valence-corrected chi connectivity index (χ3v) is 5.35. The Labute approximate surface area is 147 Å². The van der Waals surface area contributed by atoms with E-state index in [1.165, 1.54) is 12.3 Å². The SMILES string of the molecule is Cc1nc(C(C)(C)C)c(Cl)cc1-n1ccc(=O)c(S(C)(=N)=O)c1C. The van der Waals surface area contributed by atoms with E-state index in [1.807, 2.05) is 27.7 Å². The molecule has 0 bridgehead atoms. The molecule has 0 fully saturated rings. The highest BCUT2D eigenvalue weighted by atomic mass is 35.5. The topological polar surface area (TPSA) is 75.8 Å². The molecule has 0 amide bonds. The molecule has 0 spiro atoms. The summed E-state index contributed by atoms with van der Waals surface area (Å²) >= 11 is 6.42. The quantitative estimate of drug-likeness (QED) is 0.876. The molecule has 0 aliphatic carbocycles. The predicted octanol–water partition coefficient (Wildman–Crippen LogP) is 3.84. The number of hydrogen-bond donors (Lipinski definition) is 1. The molecule has 1 atom stereocenters. The van der Waals surface area contributed by atoms with Crippen LogP contribution in [0, 0.1) is 18.6 Å².